The third-order valence-corrected chi connectivity index (χ3v) is 2.91. The van der Waals surface area contributed by atoms with Crippen LogP contribution in [0.4, 0.5) is 0 Å². The molecule has 4 heteroatoms. The lowest BCUT2D eigenvalue weighted by Crippen LogP contribution is -2.43. The fourth-order valence-electron chi connectivity index (χ4n) is 1.80. The Labute approximate surface area is 86.0 Å². The maximum Gasteiger partial charge on any atom is 0.236 e. The first kappa shape index (κ1) is 11.5. The molecule has 1 saturated heterocycles. The van der Waals surface area contributed by atoms with E-state index in [-0.39, 0.29) is 5.91 Å². The Balaban J connectivity index is 2.55. The van der Waals surface area contributed by atoms with Crippen molar-refractivity contribution in [1.82, 2.24) is 9.80 Å². The number of carbonyl (C=O) groups is 1. The second kappa shape index (κ2) is 5.32. The molecule has 1 aliphatic rings. The number of nitrogens with two attached hydrogens (primary N) is 1. The molecule has 4 nitrogen and oxygen atoms in total. The number of carbonyl (C=O) groups excluding carboxylic acids is 1. The summed E-state index contributed by atoms with van der Waals surface area (Å²) in [7, 11) is 0. The zero-order valence-corrected chi connectivity index (χ0v) is 9.20. The molecule has 1 heterocycles. The molecule has 0 bridgehead atoms. The van der Waals surface area contributed by atoms with Gasteiger partial charge in [0, 0.05) is 32.2 Å². The van der Waals surface area contributed by atoms with Gasteiger partial charge in [-0.2, -0.15) is 0 Å². The second-order valence-electron chi connectivity index (χ2n) is 3.88. The fraction of sp³-hybridized carbons (Fsp3) is 0.900. The lowest BCUT2D eigenvalue weighted by atomic mass is 10.2. The predicted octanol–water partition coefficient (Wildman–Crippen LogP) is -0.112. The zero-order chi connectivity index (χ0) is 10.6. The minimum absolute atomic E-state index is 0.241. The van der Waals surface area contributed by atoms with Gasteiger partial charge in [-0.25, -0.2) is 0 Å². The van der Waals surface area contributed by atoms with Gasteiger partial charge in [0.25, 0.3) is 0 Å². The van der Waals surface area contributed by atoms with Crippen LogP contribution < -0.4 is 5.73 Å². The Kier molecular flexibility index (Phi) is 4.35. The number of nitrogens with zero attached hydrogens (tertiary/aromatic N) is 2. The highest BCUT2D eigenvalue weighted by Crippen LogP contribution is 2.07. The molecule has 0 aromatic rings. The Bertz CT molecular complexity index is 196. The van der Waals surface area contributed by atoms with Crippen LogP contribution in [0.25, 0.3) is 0 Å². The van der Waals surface area contributed by atoms with E-state index in [4.69, 9.17) is 5.73 Å². The van der Waals surface area contributed by atoms with Gasteiger partial charge in [-0.05, 0) is 20.3 Å². The van der Waals surface area contributed by atoms with E-state index in [0.29, 0.717) is 19.1 Å². The predicted molar refractivity (Wildman–Crippen MR) is 57.0 cm³/mol. The molecule has 1 aliphatic heterocycles. The summed E-state index contributed by atoms with van der Waals surface area (Å²) in [6.07, 6.45) is 1.06. The average molecular weight is 199 g/mol. The van der Waals surface area contributed by atoms with Gasteiger partial charge in [0.05, 0.1) is 6.54 Å². The highest BCUT2D eigenvalue weighted by atomic mass is 16.2. The number of likely N-dealkylation sites (N-methyl/N-ethyl adjacent to an activating group) is 1. The van der Waals surface area contributed by atoms with Gasteiger partial charge in [0.2, 0.25) is 5.91 Å². The van der Waals surface area contributed by atoms with Crippen LogP contribution in [0.15, 0.2) is 0 Å². The Hall–Kier alpha value is -0.610. The van der Waals surface area contributed by atoms with Crippen molar-refractivity contribution in [1.29, 1.82) is 0 Å². The van der Waals surface area contributed by atoms with E-state index >= 15 is 0 Å². The van der Waals surface area contributed by atoms with Gasteiger partial charge in [0.1, 0.15) is 0 Å². The summed E-state index contributed by atoms with van der Waals surface area (Å²) in [6, 6.07) is 0.316. The van der Waals surface area contributed by atoms with Crippen LogP contribution >= 0.6 is 0 Å². The van der Waals surface area contributed by atoms with Crippen molar-refractivity contribution >= 4 is 5.91 Å². The normalized spacial score (nSPS) is 22.2. The van der Waals surface area contributed by atoms with Crippen LogP contribution in [-0.2, 0) is 4.79 Å². The van der Waals surface area contributed by atoms with E-state index in [1.807, 2.05) is 11.8 Å². The minimum atomic E-state index is 0.241. The molecule has 14 heavy (non-hydrogen) atoms. The standard InChI is InChI=1S/C10H21N3O/c1-3-12-5-4-6-13(8-10(12)14)9(2)7-11/h9H,3-8,11H2,1-2H3. The van der Waals surface area contributed by atoms with Crippen molar-refractivity contribution in [3.8, 4) is 0 Å². The maximum atomic E-state index is 11.7. The number of amides is 1. The quantitative estimate of drug-likeness (QED) is 0.690. The summed E-state index contributed by atoms with van der Waals surface area (Å²) < 4.78 is 0. The van der Waals surface area contributed by atoms with E-state index in [0.717, 1.165) is 26.1 Å². The number of hydrogen-bond donors (Lipinski definition) is 1. The fourth-order valence-corrected chi connectivity index (χ4v) is 1.80. The van der Waals surface area contributed by atoms with Crippen molar-refractivity contribution in [3.63, 3.8) is 0 Å². The average Bonchev–Trinajstić information content (AvgIpc) is 2.38. The largest absolute Gasteiger partial charge is 0.342 e. The topological polar surface area (TPSA) is 49.6 Å². The highest BCUT2D eigenvalue weighted by Gasteiger charge is 2.22. The number of rotatable bonds is 3. The summed E-state index contributed by atoms with van der Waals surface area (Å²) >= 11 is 0. The van der Waals surface area contributed by atoms with Gasteiger partial charge >= 0.3 is 0 Å². The molecule has 1 fully saturated rings. The van der Waals surface area contributed by atoms with Crippen molar-refractivity contribution < 1.29 is 4.79 Å². The molecule has 0 radical (unpaired) electrons. The summed E-state index contributed by atoms with van der Waals surface area (Å²) in [5.41, 5.74) is 5.60. The summed E-state index contributed by atoms with van der Waals surface area (Å²) in [5, 5.41) is 0. The monoisotopic (exact) mass is 199 g/mol. The van der Waals surface area contributed by atoms with Gasteiger partial charge in [-0.15, -0.1) is 0 Å². The third-order valence-electron chi connectivity index (χ3n) is 2.91. The van der Waals surface area contributed by atoms with Crippen LogP contribution in [-0.4, -0.2) is 54.5 Å². The van der Waals surface area contributed by atoms with Gasteiger partial charge in [0.15, 0.2) is 0 Å². The van der Waals surface area contributed by atoms with Crippen molar-refractivity contribution in [3.05, 3.63) is 0 Å². The molecule has 0 spiro atoms. The molecule has 1 atom stereocenters. The highest BCUT2D eigenvalue weighted by molar-refractivity contribution is 5.78. The first-order valence-electron chi connectivity index (χ1n) is 5.41. The summed E-state index contributed by atoms with van der Waals surface area (Å²) in [5.74, 6) is 0.241. The Morgan fingerprint density at radius 1 is 1.50 bits per heavy atom. The molecule has 0 aromatic heterocycles. The van der Waals surface area contributed by atoms with E-state index in [1.54, 1.807) is 0 Å². The maximum absolute atomic E-state index is 11.7. The van der Waals surface area contributed by atoms with Crippen LogP contribution in [0.3, 0.4) is 0 Å². The molecule has 1 amide bonds. The molecule has 0 aromatic carbocycles. The van der Waals surface area contributed by atoms with Crippen molar-refractivity contribution in [2.75, 3.05) is 32.7 Å². The van der Waals surface area contributed by atoms with E-state index < -0.39 is 0 Å². The van der Waals surface area contributed by atoms with E-state index in [9.17, 15) is 4.79 Å². The summed E-state index contributed by atoms with van der Waals surface area (Å²) in [6.45, 7) is 7.97. The van der Waals surface area contributed by atoms with Gasteiger partial charge in [-0.1, -0.05) is 0 Å². The molecular formula is C10H21N3O. The molecule has 0 aliphatic carbocycles. The van der Waals surface area contributed by atoms with Crippen molar-refractivity contribution in [2.24, 2.45) is 5.73 Å². The molecule has 1 rings (SSSR count). The SMILES string of the molecule is CCN1CCCN(C(C)CN)CC1=O. The van der Waals surface area contributed by atoms with Crippen LogP contribution in [0.2, 0.25) is 0 Å². The van der Waals surface area contributed by atoms with Gasteiger partial charge in [-0.3, -0.25) is 9.69 Å². The van der Waals surface area contributed by atoms with Crippen LogP contribution in [0.1, 0.15) is 20.3 Å². The third kappa shape index (κ3) is 2.69. The second-order valence-corrected chi connectivity index (χ2v) is 3.88. The molecule has 0 saturated carbocycles. The molecule has 2 N–H and O–H groups in total. The number of hydrogen-bond acceptors (Lipinski definition) is 3. The lowest BCUT2D eigenvalue weighted by molar-refractivity contribution is -0.131. The zero-order valence-electron chi connectivity index (χ0n) is 9.20. The van der Waals surface area contributed by atoms with Gasteiger partial charge < -0.3 is 10.6 Å². The van der Waals surface area contributed by atoms with E-state index in [1.165, 1.54) is 0 Å². The van der Waals surface area contributed by atoms with Crippen LogP contribution in [0.5, 0.6) is 0 Å². The smallest absolute Gasteiger partial charge is 0.236 e. The first-order chi connectivity index (χ1) is 6.69. The molecule has 82 valence electrons. The Morgan fingerprint density at radius 2 is 2.21 bits per heavy atom. The molecular weight excluding hydrogens is 178 g/mol. The van der Waals surface area contributed by atoms with Crippen LogP contribution in [0, 0.1) is 0 Å². The first-order valence-corrected chi connectivity index (χ1v) is 5.41. The van der Waals surface area contributed by atoms with E-state index in [2.05, 4.69) is 11.8 Å². The molecule has 1 unspecified atom stereocenters. The minimum Gasteiger partial charge on any atom is -0.342 e. The van der Waals surface area contributed by atoms with Crippen molar-refractivity contribution in [2.45, 2.75) is 26.3 Å². The Morgan fingerprint density at radius 3 is 2.79 bits per heavy atom. The summed E-state index contributed by atoms with van der Waals surface area (Å²) in [4.78, 5) is 15.8. The lowest BCUT2D eigenvalue weighted by Gasteiger charge is -2.25.